The van der Waals surface area contributed by atoms with Gasteiger partial charge in [-0.1, -0.05) is 17.7 Å². The number of aryl methyl sites for hydroxylation is 2. The van der Waals surface area contributed by atoms with E-state index in [9.17, 15) is 0 Å². The van der Waals surface area contributed by atoms with E-state index in [0.29, 0.717) is 5.02 Å². The second-order valence-corrected chi connectivity index (χ2v) is 4.91. The number of nitrogens with zero attached hydrogens (tertiary/aromatic N) is 3. The smallest absolute Gasteiger partial charge is 0.157 e. The Bertz CT molecular complexity index is 748. The summed E-state index contributed by atoms with van der Waals surface area (Å²) in [5.74, 6) is 0.873. The zero-order valence-corrected chi connectivity index (χ0v) is 11.4. The molecule has 96 valence electrons. The lowest BCUT2D eigenvalue weighted by molar-refractivity contribution is 0.917. The lowest BCUT2D eigenvalue weighted by atomic mass is 10.3. The third kappa shape index (κ3) is 2.39. The molecule has 3 rings (SSSR count). The largest absolute Gasteiger partial charge is 0.340 e. The molecule has 0 unspecified atom stereocenters. The van der Waals surface area contributed by atoms with Crippen LogP contribution >= 0.6 is 11.6 Å². The third-order valence-electron chi connectivity index (χ3n) is 2.77. The van der Waals surface area contributed by atoms with Crippen LogP contribution in [0.25, 0.3) is 5.65 Å². The van der Waals surface area contributed by atoms with E-state index in [2.05, 4.69) is 15.4 Å². The highest BCUT2D eigenvalue weighted by atomic mass is 35.5. The van der Waals surface area contributed by atoms with Gasteiger partial charge in [0.15, 0.2) is 5.65 Å². The molecule has 0 saturated carbocycles. The lowest BCUT2D eigenvalue weighted by Crippen LogP contribution is -2.02. The Labute approximate surface area is 116 Å². The minimum Gasteiger partial charge on any atom is -0.340 e. The first-order chi connectivity index (χ1) is 9.11. The summed E-state index contributed by atoms with van der Waals surface area (Å²) in [6, 6.07) is 11.5. The first-order valence-corrected chi connectivity index (χ1v) is 6.36. The summed E-state index contributed by atoms with van der Waals surface area (Å²) >= 11 is 5.99. The van der Waals surface area contributed by atoms with Crippen LogP contribution in [0.3, 0.4) is 0 Å². The predicted octanol–water partition coefficient (Wildman–Crippen LogP) is 3.74. The molecule has 3 aromatic rings. The maximum absolute atomic E-state index is 5.99. The van der Waals surface area contributed by atoms with Crippen molar-refractivity contribution in [3.05, 3.63) is 52.8 Å². The second kappa shape index (κ2) is 4.55. The van der Waals surface area contributed by atoms with Crippen LogP contribution in [-0.2, 0) is 0 Å². The highest BCUT2D eigenvalue weighted by molar-refractivity contribution is 6.30. The van der Waals surface area contributed by atoms with E-state index < -0.39 is 0 Å². The molecule has 0 aliphatic carbocycles. The van der Waals surface area contributed by atoms with Crippen molar-refractivity contribution in [3.63, 3.8) is 0 Å². The van der Waals surface area contributed by atoms with Crippen LogP contribution in [0.2, 0.25) is 5.02 Å². The standard InChI is InChI=1S/C14H13ClN4/c1-9-6-14(17-12-5-3-4-11(15)8-12)19-13(16-9)7-10(2)18-19/h3-8,17H,1-2H3. The fourth-order valence-corrected chi connectivity index (χ4v) is 2.21. The van der Waals surface area contributed by atoms with Crippen molar-refractivity contribution in [3.8, 4) is 0 Å². The average molecular weight is 273 g/mol. The third-order valence-corrected chi connectivity index (χ3v) is 3.01. The number of rotatable bonds is 2. The number of hydrogen-bond acceptors (Lipinski definition) is 3. The monoisotopic (exact) mass is 272 g/mol. The Kier molecular flexibility index (Phi) is 2.87. The number of hydrogen-bond donors (Lipinski definition) is 1. The number of benzene rings is 1. The summed E-state index contributed by atoms with van der Waals surface area (Å²) in [6.07, 6.45) is 0. The van der Waals surface area contributed by atoms with Gasteiger partial charge >= 0.3 is 0 Å². The van der Waals surface area contributed by atoms with Crippen LogP contribution in [0.4, 0.5) is 11.5 Å². The van der Waals surface area contributed by atoms with Crippen LogP contribution < -0.4 is 5.32 Å². The van der Waals surface area contributed by atoms with E-state index in [4.69, 9.17) is 11.6 Å². The molecule has 1 N–H and O–H groups in total. The van der Waals surface area contributed by atoms with Crippen molar-refractivity contribution < 1.29 is 0 Å². The van der Waals surface area contributed by atoms with E-state index in [1.165, 1.54) is 0 Å². The van der Waals surface area contributed by atoms with Gasteiger partial charge in [0.25, 0.3) is 0 Å². The van der Waals surface area contributed by atoms with Crippen molar-refractivity contribution in [2.75, 3.05) is 5.32 Å². The van der Waals surface area contributed by atoms with Gasteiger partial charge in [0, 0.05) is 28.5 Å². The van der Waals surface area contributed by atoms with E-state index in [0.717, 1.165) is 28.5 Å². The average Bonchev–Trinajstić information content (AvgIpc) is 2.69. The number of halogens is 1. The van der Waals surface area contributed by atoms with Gasteiger partial charge in [-0.3, -0.25) is 0 Å². The Hall–Kier alpha value is -2.07. The van der Waals surface area contributed by atoms with Gasteiger partial charge < -0.3 is 5.32 Å². The molecule has 0 radical (unpaired) electrons. The molecule has 0 amide bonds. The Morgan fingerprint density at radius 2 is 1.95 bits per heavy atom. The lowest BCUT2D eigenvalue weighted by Gasteiger charge is -2.09. The van der Waals surface area contributed by atoms with Gasteiger partial charge in [-0.2, -0.15) is 9.61 Å². The fraction of sp³-hybridized carbons (Fsp3) is 0.143. The SMILES string of the molecule is Cc1cc(Nc2cccc(Cl)c2)n2nc(C)cc2n1. The highest BCUT2D eigenvalue weighted by Crippen LogP contribution is 2.21. The zero-order chi connectivity index (χ0) is 13.4. The molecule has 4 nitrogen and oxygen atoms in total. The quantitative estimate of drug-likeness (QED) is 0.773. The molecule has 0 bridgehead atoms. The molecule has 2 aromatic heterocycles. The molecule has 0 spiro atoms. The van der Waals surface area contributed by atoms with Crippen molar-refractivity contribution in [1.82, 2.24) is 14.6 Å². The van der Waals surface area contributed by atoms with Crippen LogP contribution in [0.1, 0.15) is 11.4 Å². The van der Waals surface area contributed by atoms with Gasteiger partial charge in [0.1, 0.15) is 5.82 Å². The molecule has 0 aliphatic rings. The van der Waals surface area contributed by atoms with Crippen molar-refractivity contribution in [1.29, 1.82) is 0 Å². The maximum Gasteiger partial charge on any atom is 0.157 e. The summed E-state index contributed by atoms with van der Waals surface area (Å²) in [7, 11) is 0. The zero-order valence-electron chi connectivity index (χ0n) is 10.7. The Morgan fingerprint density at radius 1 is 1.11 bits per heavy atom. The molecule has 2 heterocycles. The number of nitrogens with one attached hydrogen (secondary N) is 1. The first kappa shape index (κ1) is 12.0. The normalized spacial score (nSPS) is 10.9. The van der Waals surface area contributed by atoms with Crippen molar-refractivity contribution >= 4 is 28.8 Å². The molecular formula is C14H13ClN4. The number of aromatic nitrogens is 3. The van der Waals surface area contributed by atoms with Gasteiger partial charge in [-0.25, -0.2) is 4.98 Å². The summed E-state index contributed by atoms with van der Waals surface area (Å²) in [5, 5.41) is 8.45. The minimum atomic E-state index is 0.698. The van der Waals surface area contributed by atoms with Gasteiger partial charge in [0.2, 0.25) is 0 Å². The van der Waals surface area contributed by atoms with E-state index in [1.54, 1.807) is 4.52 Å². The first-order valence-electron chi connectivity index (χ1n) is 5.98. The van der Waals surface area contributed by atoms with E-state index in [1.807, 2.05) is 50.2 Å². The molecule has 19 heavy (non-hydrogen) atoms. The van der Waals surface area contributed by atoms with Gasteiger partial charge in [-0.15, -0.1) is 0 Å². The summed E-state index contributed by atoms with van der Waals surface area (Å²) in [6.45, 7) is 3.92. The molecule has 0 atom stereocenters. The Balaban J connectivity index is 2.09. The molecule has 0 saturated heterocycles. The van der Waals surface area contributed by atoms with Crippen LogP contribution in [0, 0.1) is 13.8 Å². The summed E-state index contributed by atoms with van der Waals surface area (Å²) < 4.78 is 1.79. The molecular weight excluding hydrogens is 260 g/mol. The molecule has 1 aromatic carbocycles. The van der Waals surface area contributed by atoms with Crippen molar-refractivity contribution in [2.45, 2.75) is 13.8 Å². The topological polar surface area (TPSA) is 42.2 Å². The summed E-state index contributed by atoms with van der Waals surface area (Å²) in [4.78, 5) is 4.45. The van der Waals surface area contributed by atoms with Gasteiger partial charge in [0.05, 0.1) is 5.69 Å². The number of anilines is 2. The maximum atomic E-state index is 5.99. The van der Waals surface area contributed by atoms with E-state index in [-0.39, 0.29) is 0 Å². The minimum absolute atomic E-state index is 0.698. The van der Waals surface area contributed by atoms with Crippen LogP contribution in [0.5, 0.6) is 0 Å². The predicted molar refractivity (Wildman–Crippen MR) is 77.2 cm³/mol. The van der Waals surface area contributed by atoms with Crippen molar-refractivity contribution in [2.24, 2.45) is 0 Å². The fourth-order valence-electron chi connectivity index (χ4n) is 2.02. The van der Waals surface area contributed by atoms with Crippen LogP contribution in [-0.4, -0.2) is 14.6 Å². The second-order valence-electron chi connectivity index (χ2n) is 4.47. The van der Waals surface area contributed by atoms with Crippen LogP contribution in [0.15, 0.2) is 36.4 Å². The molecule has 5 heteroatoms. The molecule has 0 aliphatic heterocycles. The Morgan fingerprint density at radius 3 is 2.74 bits per heavy atom. The van der Waals surface area contributed by atoms with E-state index >= 15 is 0 Å². The summed E-state index contributed by atoms with van der Waals surface area (Å²) in [5.41, 5.74) is 3.64. The number of fused-ring (bicyclic) bond motifs is 1. The van der Waals surface area contributed by atoms with Gasteiger partial charge in [-0.05, 0) is 32.0 Å². The molecule has 0 fully saturated rings. The highest BCUT2D eigenvalue weighted by Gasteiger charge is 2.06.